The molecule has 18 heavy (non-hydrogen) atoms. The summed E-state index contributed by atoms with van der Waals surface area (Å²) >= 11 is 0. The first-order chi connectivity index (χ1) is 8.60. The summed E-state index contributed by atoms with van der Waals surface area (Å²) in [4.78, 5) is 23.1. The highest BCUT2D eigenvalue weighted by Gasteiger charge is 2.37. The molecular formula is C14H21NO3. The first kappa shape index (κ1) is 14.6. The lowest BCUT2D eigenvalue weighted by molar-refractivity contribution is -0.159. The Balaban J connectivity index is 2.56. The average Bonchev–Trinajstić information content (AvgIpc) is 2.32. The molecule has 100 valence electrons. The molecule has 0 saturated carbocycles. The van der Waals surface area contributed by atoms with Gasteiger partial charge in [0, 0.05) is 6.92 Å². The lowest BCUT2D eigenvalue weighted by Gasteiger charge is -2.29. The monoisotopic (exact) mass is 251 g/mol. The molecule has 0 spiro atoms. The first-order valence-corrected chi connectivity index (χ1v) is 6.41. The Morgan fingerprint density at radius 1 is 1.28 bits per heavy atom. The Morgan fingerprint density at radius 3 is 2.61 bits per heavy atom. The molecule has 0 amide bonds. The normalized spacial score (nSPS) is 22.2. The van der Waals surface area contributed by atoms with Gasteiger partial charge in [0.25, 0.3) is 0 Å². The summed E-state index contributed by atoms with van der Waals surface area (Å²) in [5, 5.41) is 0. The lowest BCUT2D eigenvalue weighted by Crippen LogP contribution is -2.41. The largest absolute Gasteiger partial charge is 0.447 e. The fraction of sp³-hybridized carbons (Fsp3) is 0.571. The number of hydrogen-bond acceptors (Lipinski definition) is 4. The number of carbonyl (C=O) groups is 2. The van der Waals surface area contributed by atoms with E-state index in [1.807, 2.05) is 0 Å². The highest BCUT2D eigenvalue weighted by atomic mass is 16.6. The van der Waals surface area contributed by atoms with Gasteiger partial charge in [-0.05, 0) is 38.0 Å². The van der Waals surface area contributed by atoms with Gasteiger partial charge >= 0.3 is 5.97 Å². The molecule has 0 aromatic rings. The van der Waals surface area contributed by atoms with Crippen molar-refractivity contribution >= 4 is 11.8 Å². The molecule has 0 radical (unpaired) electrons. The molecule has 0 fully saturated rings. The van der Waals surface area contributed by atoms with E-state index in [4.69, 9.17) is 10.5 Å². The summed E-state index contributed by atoms with van der Waals surface area (Å²) in [6.45, 7) is 2.02. The molecule has 0 bridgehead atoms. The molecular weight excluding hydrogens is 230 g/mol. The molecule has 2 N–H and O–H groups in total. The van der Waals surface area contributed by atoms with E-state index in [9.17, 15) is 9.59 Å². The van der Waals surface area contributed by atoms with Crippen molar-refractivity contribution in [3.63, 3.8) is 0 Å². The summed E-state index contributed by atoms with van der Waals surface area (Å²) in [6, 6.07) is 0. The summed E-state index contributed by atoms with van der Waals surface area (Å²) in [5.41, 5.74) is 4.34. The van der Waals surface area contributed by atoms with Gasteiger partial charge in [0.05, 0.1) is 0 Å². The number of nitrogens with two attached hydrogens (primary N) is 1. The van der Waals surface area contributed by atoms with Crippen LogP contribution >= 0.6 is 0 Å². The third-order valence-electron chi connectivity index (χ3n) is 2.97. The number of hydrogen-bond donors (Lipinski definition) is 1. The van der Waals surface area contributed by atoms with Gasteiger partial charge in [-0.3, -0.25) is 9.59 Å². The number of ketones is 1. The van der Waals surface area contributed by atoms with E-state index in [-0.39, 0.29) is 5.78 Å². The number of rotatable bonds is 7. The van der Waals surface area contributed by atoms with Crippen LogP contribution in [0.3, 0.4) is 0 Å². The lowest BCUT2D eigenvalue weighted by atomic mass is 9.88. The maximum atomic E-state index is 11.9. The van der Waals surface area contributed by atoms with Crippen LogP contribution < -0.4 is 5.73 Å². The molecule has 1 unspecified atom stereocenters. The zero-order valence-corrected chi connectivity index (χ0v) is 10.9. The number of esters is 1. The third kappa shape index (κ3) is 4.11. The molecule has 0 saturated heterocycles. The average molecular weight is 251 g/mol. The van der Waals surface area contributed by atoms with Crippen LogP contribution in [0.2, 0.25) is 0 Å². The van der Waals surface area contributed by atoms with E-state index in [2.05, 4.69) is 0 Å². The summed E-state index contributed by atoms with van der Waals surface area (Å²) < 4.78 is 5.25. The van der Waals surface area contributed by atoms with E-state index < -0.39 is 11.6 Å². The van der Waals surface area contributed by atoms with Crippen LogP contribution in [0.15, 0.2) is 24.3 Å². The van der Waals surface area contributed by atoms with E-state index in [0.717, 1.165) is 25.7 Å². The molecule has 0 aromatic carbocycles. The van der Waals surface area contributed by atoms with Crippen LogP contribution in [-0.4, -0.2) is 23.9 Å². The minimum Gasteiger partial charge on any atom is -0.447 e. The quantitative estimate of drug-likeness (QED) is 0.554. The maximum Gasteiger partial charge on any atom is 0.303 e. The van der Waals surface area contributed by atoms with E-state index in [0.29, 0.717) is 13.0 Å². The summed E-state index contributed by atoms with van der Waals surface area (Å²) in [6.07, 6.45) is 11.0. The maximum absolute atomic E-state index is 11.9. The molecule has 4 nitrogen and oxygen atoms in total. The van der Waals surface area contributed by atoms with Crippen LogP contribution in [0.5, 0.6) is 0 Å². The number of carbonyl (C=O) groups excluding carboxylic acids is 2. The van der Waals surface area contributed by atoms with Crippen LogP contribution in [0.1, 0.15) is 39.0 Å². The molecule has 1 aliphatic carbocycles. The molecule has 1 rings (SSSR count). The topological polar surface area (TPSA) is 69.4 Å². The van der Waals surface area contributed by atoms with Crippen molar-refractivity contribution in [3.05, 3.63) is 24.3 Å². The molecule has 1 aliphatic rings. The predicted octanol–water partition coefficient (Wildman–Crippen LogP) is 1.89. The molecule has 1 atom stereocenters. The number of unbranched alkanes of at least 4 members (excludes halogenated alkanes) is 3. The smallest absolute Gasteiger partial charge is 0.303 e. The van der Waals surface area contributed by atoms with E-state index >= 15 is 0 Å². The minimum absolute atomic E-state index is 0.154. The summed E-state index contributed by atoms with van der Waals surface area (Å²) in [5.74, 6) is -0.579. The van der Waals surface area contributed by atoms with Gasteiger partial charge < -0.3 is 10.5 Å². The third-order valence-corrected chi connectivity index (χ3v) is 2.97. The number of allylic oxidation sites excluding steroid dienone is 2. The van der Waals surface area contributed by atoms with Gasteiger partial charge in [-0.15, -0.1) is 0 Å². The van der Waals surface area contributed by atoms with Crippen LogP contribution in [0.4, 0.5) is 0 Å². The van der Waals surface area contributed by atoms with Gasteiger partial charge in [-0.25, -0.2) is 0 Å². The SMILES string of the molecule is CC(=O)OC1(CCCCCCN)C=CC=CC1=O. The van der Waals surface area contributed by atoms with Crippen molar-refractivity contribution in [2.24, 2.45) is 5.73 Å². The molecule has 4 heteroatoms. The zero-order chi connectivity index (χ0) is 13.4. The van der Waals surface area contributed by atoms with Crippen molar-refractivity contribution in [2.45, 2.75) is 44.6 Å². The minimum atomic E-state index is -1.08. The van der Waals surface area contributed by atoms with Crippen LogP contribution in [0, 0.1) is 0 Å². The Kier molecular flexibility index (Phi) is 5.78. The van der Waals surface area contributed by atoms with Gasteiger partial charge in [0.2, 0.25) is 5.78 Å². The molecule has 0 aliphatic heterocycles. The molecule has 0 aromatic heterocycles. The Morgan fingerprint density at radius 2 is 2.00 bits per heavy atom. The van der Waals surface area contributed by atoms with Crippen molar-refractivity contribution in [1.29, 1.82) is 0 Å². The Labute approximate surface area is 108 Å². The highest BCUT2D eigenvalue weighted by Crippen LogP contribution is 2.26. The first-order valence-electron chi connectivity index (χ1n) is 6.41. The standard InChI is InChI=1S/C14H21NO3/c1-12(16)18-14(9-5-2-3-7-11-15)10-6-4-8-13(14)17/h4,6,8,10H,2-3,5,7,9,11,15H2,1H3. The van der Waals surface area contributed by atoms with Crippen LogP contribution in [-0.2, 0) is 14.3 Å². The van der Waals surface area contributed by atoms with Gasteiger partial charge in [0.15, 0.2) is 5.60 Å². The van der Waals surface area contributed by atoms with Crippen molar-refractivity contribution in [1.82, 2.24) is 0 Å². The van der Waals surface area contributed by atoms with Gasteiger partial charge in [-0.2, -0.15) is 0 Å². The van der Waals surface area contributed by atoms with Gasteiger partial charge in [-0.1, -0.05) is 25.0 Å². The highest BCUT2D eigenvalue weighted by molar-refractivity contribution is 6.01. The van der Waals surface area contributed by atoms with Crippen molar-refractivity contribution < 1.29 is 14.3 Å². The second kappa shape index (κ2) is 7.11. The van der Waals surface area contributed by atoms with Crippen molar-refractivity contribution in [2.75, 3.05) is 6.54 Å². The van der Waals surface area contributed by atoms with E-state index in [1.54, 1.807) is 18.2 Å². The molecule has 0 heterocycles. The Bertz CT molecular complexity index is 360. The van der Waals surface area contributed by atoms with Gasteiger partial charge in [0.1, 0.15) is 0 Å². The summed E-state index contributed by atoms with van der Waals surface area (Å²) in [7, 11) is 0. The second-order valence-corrected chi connectivity index (χ2v) is 4.52. The van der Waals surface area contributed by atoms with Crippen molar-refractivity contribution in [3.8, 4) is 0 Å². The predicted molar refractivity (Wildman–Crippen MR) is 69.9 cm³/mol. The number of ether oxygens (including phenoxy) is 1. The fourth-order valence-corrected chi connectivity index (χ4v) is 2.06. The zero-order valence-electron chi connectivity index (χ0n) is 10.9. The Hall–Kier alpha value is -1.42. The fourth-order valence-electron chi connectivity index (χ4n) is 2.06. The van der Waals surface area contributed by atoms with Crippen LogP contribution in [0.25, 0.3) is 0 Å². The van der Waals surface area contributed by atoms with E-state index in [1.165, 1.54) is 13.0 Å². The second-order valence-electron chi connectivity index (χ2n) is 4.52.